The van der Waals surface area contributed by atoms with Crippen LogP contribution in [0.15, 0.2) is 0 Å². The van der Waals surface area contributed by atoms with Crippen LogP contribution in [-0.4, -0.2) is 22.4 Å². The van der Waals surface area contributed by atoms with Gasteiger partial charge in [-0.15, -0.1) is 0 Å². The van der Waals surface area contributed by atoms with Crippen molar-refractivity contribution in [1.29, 1.82) is 0 Å². The summed E-state index contributed by atoms with van der Waals surface area (Å²) in [5.41, 5.74) is 0. The highest BCUT2D eigenvalue weighted by molar-refractivity contribution is 7.09. The number of aromatic nitrogens is 2. The number of anilines is 1. The Bertz CT molecular complexity index is 270. The molecule has 74 valence electrons. The lowest BCUT2D eigenvalue weighted by Gasteiger charge is -2.26. The van der Waals surface area contributed by atoms with Gasteiger partial charge in [0.05, 0.1) is 0 Å². The van der Waals surface area contributed by atoms with Crippen molar-refractivity contribution in [3.8, 4) is 0 Å². The normalized spacial score (nSPS) is 13.4. The smallest absolute Gasteiger partial charge is 0.205 e. The van der Waals surface area contributed by atoms with Gasteiger partial charge in [-0.3, -0.25) is 0 Å². The fourth-order valence-corrected chi connectivity index (χ4v) is 1.77. The minimum atomic E-state index is 0.507. The molecule has 0 bridgehead atoms. The number of rotatable bonds is 3. The van der Waals surface area contributed by atoms with E-state index in [2.05, 4.69) is 42.1 Å². The molecule has 1 atom stereocenters. The summed E-state index contributed by atoms with van der Waals surface area (Å²) in [5.74, 6) is 1.50. The summed E-state index contributed by atoms with van der Waals surface area (Å²) < 4.78 is 4.17. The lowest BCUT2D eigenvalue weighted by Crippen LogP contribution is -2.32. The van der Waals surface area contributed by atoms with Crippen LogP contribution in [0.4, 0.5) is 5.13 Å². The molecule has 0 saturated heterocycles. The molecule has 0 radical (unpaired) electrons. The quantitative estimate of drug-likeness (QED) is 0.748. The highest BCUT2D eigenvalue weighted by Crippen LogP contribution is 2.20. The molecule has 0 saturated carbocycles. The fraction of sp³-hybridized carbons (Fsp3) is 0.778. The lowest BCUT2D eigenvalue weighted by molar-refractivity contribution is 0.505. The fourth-order valence-electron chi connectivity index (χ4n) is 1.05. The summed E-state index contributed by atoms with van der Waals surface area (Å²) in [5, 5.41) is 1.01. The Morgan fingerprint density at radius 3 is 2.31 bits per heavy atom. The van der Waals surface area contributed by atoms with Crippen molar-refractivity contribution in [2.75, 3.05) is 11.9 Å². The first-order valence-corrected chi connectivity index (χ1v) is 5.33. The van der Waals surface area contributed by atoms with Crippen molar-refractivity contribution < 1.29 is 0 Å². The summed E-state index contributed by atoms with van der Waals surface area (Å²) in [6.45, 7) is 8.57. The Balaban J connectivity index is 2.73. The van der Waals surface area contributed by atoms with Gasteiger partial charge in [0.1, 0.15) is 5.82 Å². The van der Waals surface area contributed by atoms with Gasteiger partial charge in [0.25, 0.3) is 0 Å². The molecule has 0 spiro atoms. The van der Waals surface area contributed by atoms with Crippen LogP contribution in [0.2, 0.25) is 0 Å². The number of nitrogens with zero attached hydrogens (tertiary/aromatic N) is 3. The summed E-state index contributed by atoms with van der Waals surface area (Å²) in [4.78, 5) is 6.54. The average molecular weight is 199 g/mol. The van der Waals surface area contributed by atoms with Gasteiger partial charge in [0, 0.05) is 24.6 Å². The van der Waals surface area contributed by atoms with Gasteiger partial charge in [0.15, 0.2) is 0 Å². The summed E-state index contributed by atoms with van der Waals surface area (Å²) in [6, 6.07) is 0.507. The van der Waals surface area contributed by atoms with E-state index in [0.29, 0.717) is 12.0 Å². The van der Waals surface area contributed by atoms with E-state index in [9.17, 15) is 0 Å². The molecule has 0 aromatic carbocycles. The Labute approximate surface area is 84.0 Å². The molecule has 13 heavy (non-hydrogen) atoms. The van der Waals surface area contributed by atoms with Gasteiger partial charge < -0.3 is 4.90 Å². The van der Waals surface area contributed by atoms with E-state index < -0.39 is 0 Å². The van der Waals surface area contributed by atoms with Crippen molar-refractivity contribution >= 4 is 16.7 Å². The van der Waals surface area contributed by atoms with Gasteiger partial charge in [-0.2, -0.15) is 4.37 Å². The van der Waals surface area contributed by atoms with E-state index in [1.807, 2.05) is 6.92 Å². The summed E-state index contributed by atoms with van der Waals surface area (Å²) in [6.07, 6.45) is 0. The standard InChI is InChI=1S/C9H17N3S/c1-6(2)7(3)12(5)9-10-8(4)11-13-9/h6-7H,1-5H3. The van der Waals surface area contributed by atoms with Gasteiger partial charge in [-0.05, 0) is 19.8 Å². The Morgan fingerprint density at radius 2 is 1.92 bits per heavy atom. The molecule has 1 rings (SSSR count). The van der Waals surface area contributed by atoms with Gasteiger partial charge >= 0.3 is 0 Å². The molecule has 1 aromatic heterocycles. The molecule has 1 heterocycles. The van der Waals surface area contributed by atoms with Crippen LogP contribution in [0.5, 0.6) is 0 Å². The third-order valence-corrected chi connectivity index (χ3v) is 3.29. The average Bonchev–Trinajstić information content (AvgIpc) is 2.49. The maximum atomic E-state index is 4.35. The lowest BCUT2D eigenvalue weighted by atomic mass is 10.1. The van der Waals surface area contributed by atoms with E-state index in [4.69, 9.17) is 0 Å². The van der Waals surface area contributed by atoms with Crippen LogP contribution in [0, 0.1) is 12.8 Å². The minimum Gasteiger partial charge on any atom is -0.347 e. The van der Waals surface area contributed by atoms with E-state index in [-0.39, 0.29) is 0 Å². The molecule has 3 nitrogen and oxygen atoms in total. The number of hydrogen-bond acceptors (Lipinski definition) is 4. The third-order valence-electron chi connectivity index (χ3n) is 2.39. The monoisotopic (exact) mass is 199 g/mol. The summed E-state index contributed by atoms with van der Waals surface area (Å²) >= 11 is 1.47. The Kier molecular flexibility index (Phi) is 3.25. The molecule has 0 aliphatic rings. The van der Waals surface area contributed by atoms with Crippen LogP contribution in [0.25, 0.3) is 0 Å². The minimum absolute atomic E-state index is 0.507. The summed E-state index contributed by atoms with van der Waals surface area (Å²) in [7, 11) is 2.07. The molecule has 4 heteroatoms. The maximum absolute atomic E-state index is 4.35. The molecule has 0 aliphatic heterocycles. The van der Waals surface area contributed by atoms with Crippen LogP contribution in [-0.2, 0) is 0 Å². The second-order valence-corrected chi connectivity index (χ2v) is 4.45. The van der Waals surface area contributed by atoms with Gasteiger partial charge in [-0.1, -0.05) is 13.8 Å². The highest BCUT2D eigenvalue weighted by Gasteiger charge is 2.16. The van der Waals surface area contributed by atoms with Crippen molar-refractivity contribution in [2.24, 2.45) is 5.92 Å². The SMILES string of the molecule is Cc1nsc(N(C)C(C)C(C)C)n1. The second-order valence-electron chi connectivity index (χ2n) is 3.72. The molecule has 0 fully saturated rings. The maximum Gasteiger partial charge on any atom is 0.205 e. The van der Waals surface area contributed by atoms with Crippen LogP contribution < -0.4 is 4.90 Å². The first-order chi connectivity index (χ1) is 6.02. The molecular weight excluding hydrogens is 182 g/mol. The van der Waals surface area contributed by atoms with Crippen LogP contribution in [0.3, 0.4) is 0 Å². The van der Waals surface area contributed by atoms with Crippen LogP contribution >= 0.6 is 11.5 Å². The van der Waals surface area contributed by atoms with Crippen molar-refractivity contribution in [3.05, 3.63) is 5.82 Å². The number of aryl methyl sites for hydroxylation is 1. The Morgan fingerprint density at radius 1 is 1.31 bits per heavy atom. The Hall–Kier alpha value is -0.640. The van der Waals surface area contributed by atoms with E-state index in [0.717, 1.165) is 11.0 Å². The molecule has 0 amide bonds. The predicted octanol–water partition coefficient (Wildman–Crippen LogP) is 2.33. The topological polar surface area (TPSA) is 29.0 Å². The zero-order valence-electron chi connectivity index (χ0n) is 8.90. The molecule has 1 aromatic rings. The largest absolute Gasteiger partial charge is 0.347 e. The van der Waals surface area contributed by atoms with Crippen molar-refractivity contribution in [3.63, 3.8) is 0 Å². The van der Waals surface area contributed by atoms with Crippen LogP contribution in [0.1, 0.15) is 26.6 Å². The first-order valence-electron chi connectivity index (χ1n) is 4.55. The zero-order chi connectivity index (χ0) is 10.0. The predicted molar refractivity (Wildman–Crippen MR) is 57.3 cm³/mol. The third kappa shape index (κ3) is 2.40. The zero-order valence-corrected chi connectivity index (χ0v) is 9.72. The first kappa shape index (κ1) is 10.4. The number of hydrogen-bond donors (Lipinski definition) is 0. The van der Waals surface area contributed by atoms with E-state index in [1.165, 1.54) is 11.5 Å². The van der Waals surface area contributed by atoms with Crippen molar-refractivity contribution in [2.45, 2.75) is 33.7 Å². The molecular formula is C9H17N3S. The van der Waals surface area contributed by atoms with Gasteiger partial charge in [-0.25, -0.2) is 4.98 Å². The second kappa shape index (κ2) is 4.05. The molecule has 0 N–H and O–H groups in total. The van der Waals surface area contributed by atoms with E-state index in [1.54, 1.807) is 0 Å². The van der Waals surface area contributed by atoms with E-state index >= 15 is 0 Å². The highest BCUT2D eigenvalue weighted by atomic mass is 32.1. The van der Waals surface area contributed by atoms with Gasteiger partial charge in [0.2, 0.25) is 5.13 Å². The molecule has 1 unspecified atom stereocenters. The molecule has 0 aliphatic carbocycles. The van der Waals surface area contributed by atoms with Crippen molar-refractivity contribution in [1.82, 2.24) is 9.36 Å².